The monoisotopic (exact) mass is 374 g/mol. The lowest BCUT2D eigenvalue weighted by Gasteiger charge is -2.12. The van der Waals surface area contributed by atoms with E-state index >= 15 is 0 Å². The number of aromatic nitrogens is 1. The molecule has 134 valence electrons. The summed E-state index contributed by atoms with van der Waals surface area (Å²) in [6.45, 7) is 0.268. The molecule has 0 aliphatic rings. The molecule has 0 saturated carbocycles. The third kappa shape index (κ3) is 4.15. The number of sulfone groups is 1. The molecule has 2 aromatic rings. The highest BCUT2D eigenvalue weighted by molar-refractivity contribution is 7.92. The van der Waals surface area contributed by atoms with Gasteiger partial charge in [0.15, 0.2) is 5.03 Å². The normalized spacial score (nSPS) is 12.0. The zero-order chi connectivity index (χ0) is 18.7. The van der Waals surface area contributed by atoms with Crippen molar-refractivity contribution in [1.82, 2.24) is 4.98 Å². The fourth-order valence-electron chi connectivity index (χ4n) is 1.99. The fraction of sp³-hybridized carbons (Fsp3) is 0.200. The van der Waals surface area contributed by atoms with Crippen LogP contribution < -0.4 is 5.32 Å². The number of nitrogens with zero attached hydrogens (tertiary/aromatic N) is 1. The number of benzene rings is 1. The van der Waals surface area contributed by atoms with E-state index in [0.29, 0.717) is 0 Å². The van der Waals surface area contributed by atoms with Gasteiger partial charge in [-0.1, -0.05) is 12.1 Å². The van der Waals surface area contributed by atoms with Gasteiger partial charge in [0.25, 0.3) is 15.7 Å². The van der Waals surface area contributed by atoms with Crippen molar-refractivity contribution < 1.29 is 31.1 Å². The Morgan fingerprint density at radius 3 is 2.60 bits per heavy atom. The number of ether oxygens (including phenoxy) is 1. The van der Waals surface area contributed by atoms with E-state index in [1.54, 1.807) is 18.2 Å². The first-order valence-electron chi connectivity index (χ1n) is 6.82. The van der Waals surface area contributed by atoms with Crippen LogP contribution in [0, 0.1) is 0 Å². The van der Waals surface area contributed by atoms with Gasteiger partial charge in [0.2, 0.25) is 0 Å². The predicted octanol–water partition coefficient (Wildman–Crippen LogP) is 2.77. The van der Waals surface area contributed by atoms with Crippen LogP contribution in [0.4, 0.5) is 18.9 Å². The summed E-state index contributed by atoms with van der Waals surface area (Å²) in [5, 5.41) is 1.01. The number of amides is 1. The molecule has 6 nitrogen and oxygen atoms in total. The van der Waals surface area contributed by atoms with Gasteiger partial charge in [-0.3, -0.25) is 4.79 Å². The van der Waals surface area contributed by atoms with E-state index in [-0.39, 0.29) is 12.3 Å². The lowest BCUT2D eigenvalue weighted by atomic mass is 10.2. The Morgan fingerprint density at radius 2 is 1.96 bits per heavy atom. The number of pyridine rings is 1. The van der Waals surface area contributed by atoms with Crippen LogP contribution in [0.1, 0.15) is 15.9 Å². The summed E-state index contributed by atoms with van der Waals surface area (Å²) in [6, 6.07) is 8.52. The van der Waals surface area contributed by atoms with Gasteiger partial charge >= 0.3 is 5.51 Å². The summed E-state index contributed by atoms with van der Waals surface area (Å²) >= 11 is 0. The maximum absolute atomic E-state index is 12.8. The summed E-state index contributed by atoms with van der Waals surface area (Å²) in [6.07, 6.45) is 0.870. The third-order valence-electron chi connectivity index (χ3n) is 3.07. The molecule has 0 atom stereocenters. The number of hydrogen-bond acceptors (Lipinski definition) is 5. The molecule has 1 amide bonds. The molecule has 1 aromatic carbocycles. The second kappa shape index (κ2) is 7.19. The van der Waals surface area contributed by atoms with E-state index in [1.165, 1.54) is 19.2 Å². The van der Waals surface area contributed by atoms with Crippen LogP contribution in [-0.4, -0.2) is 31.9 Å². The molecule has 0 aliphatic carbocycles. The topological polar surface area (TPSA) is 85.4 Å². The number of rotatable bonds is 5. The number of hydrogen-bond donors (Lipinski definition) is 1. The first-order chi connectivity index (χ1) is 11.7. The molecule has 0 saturated heterocycles. The van der Waals surface area contributed by atoms with Gasteiger partial charge in [0.05, 0.1) is 12.2 Å². The largest absolute Gasteiger partial charge is 0.503 e. The highest BCUT2D eigenvalue weighted by atomic mass is 32.2. The van der Waals surface area contributed by atoms with E-state index in [0.717, 1.165) is 17.8 Å². The van der Waals surface area contributed by atoms with Crippen LogP contribution in [0.25, 0.3) is 0 Å². The number of methoxy groups -OCH3 is 1. The molecule has 10 heteroatoms. The van der Waals surface area contributed by atoms with Crippen molar-refractivity contribution in [3.63, 3.8) is 0 Å². The van der Waals surface area contributed by atoms with Gasteiger partial charge in [-0.15, -0.1) is 0 Å². The number of alkyl halides is 3. The maximum atomic E-state index is 12.8. The molecule has 0 aliphatic heterocycles. The van der Waals surface area contributed by atoms with Crippen molar-refractivity contribution in [2.45, 2.75) is 17.1 Å². The molecule has 1 heterocycles. The Hall–Kier alpha value is -2.46. The third-order valence-corrected chi connectivity index (χ3v) is 4.51. The molecule has 0 fully saturated rings. The minimum atomic E-state index is -5.75. The standard InChI is InChI=1S/C15H13F3N2O4S/c1-24-9-10-4-2-5-11(8-10)20-13(21)12-6-3-7-19-14(12)25(22,23)15(16,17)18/h2-8H,9H2,1H3,(H,20,21). The zero-order valence-corrected chi connectivity index (χ0v) is 13.7. The Kier molecular flexibility index (Phi) is 5.43. The van der Waals surface area contributed by atoms with Crippen LogP contribution in [0.3, 0.4) is 0 Å². The summed E-state index contributed by atoms with van der Waals surface area (Å²) in [7, 11) is -4.27. The Balaban J connectivity index is 2.37. The number of anilines is 1. The molecule has 0 bridgehead atoms. The molecular weight excluding hydrogens is 361 g/mol. The Morgan fingerprint density at radius 1 is 1.24 bits per heavy atom. The smallest absolute Gasteiger partial charge is 0.380 e. The van der Waals surface area contributed by atoms with Gasteiger partial charge in [0, 0.05) is 19.0 Å². The van der Waals surface area contributed by atoms with Crippen molar-refractivity contribution in [2.24, 2.45) is 0 Å². The molecule has 2 rings (SSSR count). The molecule has 0 radical (unpaired) electrons. The van der Waals surface area contributed by atoms with Crippen LogP contribution in [0.2, 0.25) is 0 Å². The minimum absolute atomic E-state index is 0.268. The molecule has 1 N–H and O–H groups in total. The number of carbonyl (C=O) groups is 1. The van der Waals surface area contributed by atoms with E-state index in [1.807, 2.05) is 0 Å². The van der Waals surface area contributed by atoms with Gasteiger partial charge in [-0.2, -0.15) is 13.2 Å². The fourth-order valence-corrected chi connectivity index (χ4v) is 2.86. The van der Waals surface area contributed by atoms with Gasteiger partial charge in [-0.25, -0.2) is 13.4 Å². The van der Waals surface area contributed by atoms with Crippen LogP contribution in [0.15, 0.2) is 47.6 Å². The lowest BCUT2D eigenvalue weighted by molar-refractivity contribution is -0.0438. The minimum Gasteiger partial charge on any atom is -0.380 e. The molecule has 25 heavy (non-hydrogen) atoms. The summed E-state index contributed by atoms with van der Waals surface area (Å²) < 4.78 is 66.4. The predicted molar refractivity (Wildman–Crippen MR) is 82.6 cm³/mol. The van der Waals surface area contributed by atoms with E-state index in [2.05, 4.69) is 10.3 Å². The second-order valence-corrected chi connectivity index (χ2v) is 6.75. The zero-order valence-electron chi connectivity index (χ0n) is 12.9. The van der Waals surface area contributed by atoms with Crippen LogP contribution >= 0.6 is 0 Å². The number of nitrogens with one attached hydrogen (secondary N) is 1. The first-order valence-corrected chi connectivity index (χ1v) is 8.30. The number of halogens is 3. The van der Waals surface area contributed by atoms with E-state index in [9.17, 15) is 26.4 Å². The SMILES string of the molecule is COCc1cccc(NC(=O)c2cccnc2S(=O)(=O)C(F)(F)F)c1. The highest BCUT2D eigenvalue weighted by Crippen LogP contribution is 2.31. The summed E-state index contributed by atoms with van der Waals surface area (Å²) in [5.74, 6) is -1.02. The average Bonchev–Trinajstić information content (AvgIpc) is 2.54. The maximum Gasteiger partial charge on any atom is 0.503 e. The van der Waals surface area contributed by atoms with Crippen molar-refractivity contribution in [3.8, 4) is 0 Å². The van der Waals surface area contributed by atoms with Crippen molar-refractivity contribution in [1.29, 1.82) is 0 Å². The van der Waals surface area contributed by atoms with Gasteiger partial charge < -0.3 is 10.1 Å². The van der Waals surface area contributed by atoms with E-state index in [4.69, 9.17) is 4.74 Å². The Labute approximate surface area is 141 Å². The molecule has 0 spiro atoms. The Bertz CT molecular complexity index is 882. The summed E-state index contributed by atoms with van der Waals surface area (Å²) in [4.78, 5) is 15.5. The molecule has 1 aromatic heterocycles. The van der Waals surface area contributed by atoms with Gasteiger partial charge in [0.1, 0.15) is 0 Å². The lowest BCUT2D eigenvalue weighted by Crippen LogP contribution is -2.27. The molecule has 0 unspecified atom stereocenters. The van der Waals surface area contributed by atoms with Crippen LogP contribution in [0.5, 0.6) is 0 Å². The second-order valence-electron chi connectivity index (χ2n) is 4.89. The van der Waals surface area contributed by atoms with Crippen LogP contribution in [-0.2, 0) is 21.2 Å². The van der Waals surface area contributed by atoms with E-state index < -0.39 is 31.8 Å². The van der Waals surface area contributed by atoms with Crippen molar-refractivity contribution in [3.05, 3.63) is 53.7 Å². The van der Waals surface area contributed by atoms with Gasteiger partial charge in [-0.05, 0) is 29.8 Å². The molecular formula is C15H13F3N2O4S. The van der Waals surface area contributed by atoms with Crippen molar-refractivity contribution >= 4 is 21.4 Å². The number of carbonyl (C=O) groups excluding carboxylic acids is 1. The highest BCUT2D eigenvalue weighted by Gasteiger charge is 2.49. The summed E-state index contributed by atoms with van der Waals surface area (Å²) in [5.41, 5.74) is -5.26. The van der Waals surface area contributed by atoms with Crippen molar-refractivity contribution in [2.75, 3.05) is 12.4 Å². The first kappa shape index (κ1) is 18.9. The average molecular weight is 374 g/mol. The quantitative estimate of drug-likeness (QED) is 0.870.